The first kappa shape index (κ1) is 17.6. The molecule has 1 N–H and O–H groups in total. The highest BCUT2D eigenvalue weighted by atomic mass is 16.5. The zero-order valence-electron chi connectivity index (χ0n) is 14.8. The highest BCUT2D eigenvalue weighted by Gasteiger charge is 2.36. The Morgan fingerprint density at radius 1 is 1.26 bits per heavy atom. The van der Waals surface area contributed by atoms with Crippen LogP contribution in [-0.4, -0.2) is 51.2 Å². The van der Waals surface area contributed by atoms with Gasteiger partial charge in [0.2, 0.25) is 5.91 Å². The van der Waals surface area contributed by atoms with Gasteiger partial charge in [-0.1, -0.05) is 6.07 Å². The number of nitrogens with one attached hydrogen (secondary N) is 1. The van der Waals surface area contributed by atoms with Crippen LogP contribution in [0.1, 0.15) is 32.3 Å². The molecule has 0 aliphatic carbocycles. The lowest BCUT2D eigenvalue weighted by atomic mass is 9.82. The summed E-state index contributed by atoms with van der Waals surface area (Å²) in [6, 6.07) is 6.08. The molecule has 1 atom stereocenters. The Morgan fingerprint density at radius 3 is 2.57 bits per heavy atom. The van der Waals surface area contributed by atoms with Crippen LogP contribution in [0.15, 0.2) is 18.2 Å². The van der Waals surface area contributed by atoms with Gasteiger partial charge in [0.15, 0.2) is 11.5 Å². The van der Waals surface area contributed by atoms with E-state index in [1.165, 1.54) is 0 Å². The van der Waals surface area contributed by atoms with Crippen molar-refractivity contribution in [2.75, 3.05) is 34.4 Å². The number of likely N-dealkylation sites (tertiary alicyclic amines) is 1. The SMILES string of the molecule is CN[C@@H]1CCCN(C(=O)C(C)(C)c2ccc(OC)c(OC)c2)C1. The fourth-order valence-electron chi connectivity index (χ4n) is 3.14. The molecule has 0 saturated carbocycles. The van der Waals surface area contributed by atoms with Crippen LogP contribution in [0.25, 0.3) is 0 Å². The van der Waals surface area contributed by atoms with Crippen LogP contribution in [0, 0.1) is 0 Å². The summed E-state index contributed by atoms with van der Waals surface area (Å²) in [6.07, 6.45) is 2.16. The summed E-state index contributed by atoms with van der Waals surface area (Å²) >= 11 is 0. The van der Waals surface area contributed by atoms with Gasteiger partial charge in [-0.2, -0.15) is 0 Å². The maximum Gasteiger partial charge on any atom is 0.232 e. The molecule has 1 fully saturated rings. The normalized spacial score (nSPS) is 18.7. The number of amides is 1. The van der Waals surface area contributed by atoms with Gasteiger partial charge in [-0.15, -0.1) is 0 Å². The molecule has 0 unspecified atom stereocenters. The summed E-state index contributed by atoms with van der Waals surface area (Å²) in [4.78, 5) is 15.0. The second-order valence-corrected chi connectivity index (χ2v) is 6.57. The molecule has 128 valence electrons. The van der Waals surface area contributed by atoms with E-state index < -0.39 is 5.41 Å². The summed E-state index contributed by atoms with van der Waals surface area (Å²) < 4.78 is 10.7. The van der Waals surface area contributed by atoms with Crippen molar-refractivity contribution in [2.24, 2.45) is 0 Å². The number of hydrogen-bond donors (Lipinski definition) is 1. The number of benzene rings is 1. The van der Waals surface area contributed by atoms with Crippen LogP contribution in [0.2, 0.25) is 0 Å². The van der Waals surface area contributed by atoms with Crippen molar-refractivity contribution in [1.29, 1.82) is 0 Å². The van der Waals surface area contributed by atoms with Gasteiger partial charge in [0.25, 0.3) is 0 Å². The quantitative estimate of drug-likeness (QED) is 0.903. The van der Waals surface area contributed by atoms with Crippen molar-refractivity contribution in [1.82, 2.24) is 10.2 Å². The molecule has 1 amide bonds. The van der Waals surface area contributed by atoms with Crippen molar-refractivity contribution in [3.8, 4) is 11.5 Å². The molecule has 5 heteroatoms. The van der Waals surface area contributed by atoms with E-state index in [0.29, 0.717) is 17.5 Å². The van der Waals surface area contributed by atoms with E-state index in [9.17, 15) is 4.79 Å². The van der Waals surface area contributed by atoms with Crippen molar-refractivity contribution < 1.29 is 14.3 Å². The number of methoxy groups -OCH3 is 2. The molecule has 2 rings (SSSR count). The summed E-state index contributed by atoms with van der Waals surface area (Å²) in [5.74, 6) is 1.48. The topological polar surface area (TPSA) is 50.8 Å². The number of carbonyl (C=O) groups is 1. The lowest BCUT2D eigenvalue weighted by Gasteiger charge is -2.38. The molecule has 0 bridgehead atoms. The van der Waals surface area contributed by atoms with E-state index >= 15 is 0 Å². The zero-order chi connectivity index (χ0) is 17.0. The monoisotopic (exact) mass is 320 g/mol. The lowest BCUT2D eigenvalue weighted by Crippen LogP contribution is -2.51. The largest absolute Gasteiger partial charge is 0.493 e. The molecule has 1 aliphatic heterocycles. The Labute approximate surface area is 139 Å². The number of rotatable bonds is 5. The molecule has 1 aromatic carbocycles. The smallest absolute Gasteiger partial charge is 0.232 e. The summed E-state index contributed by atoms with van der Waals surface area (Å²) in [6.45, 7) is 5.54. The van der Waals surface area contributed by atoms with Crippen LogP contribution in [-0.2, 0) is 10.2 Å². The lowest BCUT2D eigenvalue weighted by molar-refractivity contribution is -0.137. The molecule has 1 aliphatic rings. The van der Waals surface area contributed by atoms with Crippen LogP contribution in [0.3, 0.4) is 0 Å². The third-order valence-corrected chi connectivity index (χ3v) is 4.76. The first-order valence-corrected chi connectivity index (χ1v) is 8.13. The van der Waals surface area contributed by atoms with E-state index in [1.807, 2.05) is 44.0 Å². The van der Waals surface area contributed by atoms with Crippen LogP contribution in [0.5, 0.6) is 11.5 Å². The Kier molecular flexibility index (Phi) is 5.52. The van der Waals surface area contributed by atoms with Gasteiger partial charge < -0.3 is 19.7 Å². The Bertz CT molecular complexity index is 557. The Hall–Kier alpha value is -1.75. The van der Waals surface area contributed by atoms with E-state index in [2.05, 4.69) is 5.32 Å². The Morgan fingerprint density at radius 2 is 1.96 bits per heavy atom. The van der Waals surface area contributed by atoms with Crippen molar-refractivity contribution in [3.63, 3.8) is 0 Å². The average Bonchev–Trinajstić information content (AvgIpc) is 2.60. The summed E-state index contributed by atoms with van der Waals surface area (Å²) in [5.41, 5.74) is 0.335. The molecule has 1 heterocycles. The average molecular weight is 320 g/mol. The minimum Gasteiger partial charge on any atom is -0.493 e. The van der Waals surface area contributed by atoms with Crippen molar-refractivity contribution in [2.45, 2.75) is 38.1 Å². The highest BCUT2D eigenvalue weighted by molar-refractivity contribution is 5.87. The predicted octanol–water partition coefficient (Wildman–Crippen LogP) is 2.19. The Balaban J connectivity index is 2.24. The molecule has 1 saturated heterocycles. The molecular formula is C18H28N2O3. The van der Waals surface area contributed by atoms with Crippen molar-refractivity contribution in [3.05, 3.63) is 23.8 Å². The van der Waals surface area contributed by atoms with Crippen molar-refractivity contribution >= 4 is 5.91 Å². The molecule has 5 nitrogen and oxygen atoms in total. The first-order chi connectivity index (χ1) is 10.9. The second-order valence-electron chi connectivity index (χ2n) is 6.57. The standard InChI is InChI=1S/C18H28N2O3/c1-18(2,13-8-9-15(22-4)16(11-13)23-5)17(21)20-10-6-7-14(12-20)19-3/h8-9,11,14,19H,6-7,10,12H2,1-5H3/t14-/m1/s1. The minimum atomic E-state index is -0.602. The van der Waals surface area contributed by atoms with Gasteiger partial charge in [-0.3, -0.25) is 4.79 Å². The molecule has 0 radical (unpaired) electrons. The number of ether oxygens (including phenoxy) is 2. The van der Waals surface area contributed by atoms with E-state index in [-0.39, 0.29) is 5.91 Å². The number of hydrogen-bond acceptors (Lipinski definition) is 4. The zero-order valence-corrected chi connectivity index (χ0v) is 14.8. The number of nitrogens with zero attached hydrogens (tertiary/aromatic N) is 1. The second kappa shape index (κ2) is 7.21. The molecule has 0 spiro atoms. The van der Waals surface area contributed by atoms with Gasteiger partial charge in [-0.25, -0.2) is 0 Å². The van der Waals surface area contributed by atoms with Crippen LogP contribution in [0.4, 0.5) is 0 Å². The highest BCUT2D eigenvalue weighted by Crippen LogP contribution is 2.34. The van der Waals surface area contributed by atoms with Gasteiger partial charge in [0.05, 0.1) is 19.6 Å². The first-order valence-electron chi connectivity index (χ1n) is 8.13. The predicted molar refractivity (Wildman–Crippen MR) is 91.2 cm³/mol. The molecular weight excluding hydrogens is 292 g/mol. The summed E-state index contributed by atoms with van der Waals surface area (Å²) in [5, 5.41) is 3.28. The fraction of sp³-hybridized carbons (Fsp3) is 0.611. The number of likely N-dealkylation sites (N-methyl/N-ethyl adjacent to an activating group) is 1. The van der Waals surface area contributed by atoms with Gasteiger partial charge >= 0.3 is 0 Å². The molecule has 23 heavy (non-hydrogen) atoms. The number of piperidine rings is 1. The van der Waals surface area contributed by atoms with Crippen LogP contribution < -0.4 is 14.8 Å². The van der Waals surface area contributed by atoms with E-state index in [0.717, 1.165) is 31.5 Å². The fourth-order valence-corrected chi connectivity index (χ4v) is 3.14. The molecule has 0 aromatic heterocycles. The number of carbonyl (C=O) groups excluding carboxylic acids is 1. The maximum absolute atomic E-state index is 13.1. The van der Waals surface area contributed by atoms with Gasteiger partial charge in [0, 0.05) is 19.1 Å². The summed E-state index contributed by atoms with van der Waals surface area (Å²) in [7, 11) is 5.18. The third-order valence-electron chi connectivity index (χ3n) is 4.76. The molecule has 1 aromatic rings. The van der Waals surface area contributed by atoms with Gasteiger partial charge in [0.1, 0.15) is 0 Å². The van der Waals surface area contributed by atoms with E-state index in [4.69, 9.17) is 9.47 Å². The van der Waals surface area contributed by atoms with Crippen LogP contribution >= 0.6 is 0 Å². The van der Waals surface area contributed by atoms with E-state index in [1.54, 1.807) is 14.2 Å². The van der Waals surface area contributed by atoms with Gasteiger partial charge in [-0.05, 0) is 51.4 Å². The third kappa shape index (κ3) is 3.61. The minimum absolute atomic E-state index is 0.157. The maximum atomic E-state index is 13.1.